The predicted molar refractivity (Wildman–Crippen MR) is 72.5 cm³/mol. The van der Waals surface area contributed by atoms with Gasteiger partial charge in [0.1, 0.15) is 6.10 Å². The fraction of sp³-hybridized carbons (Fsp3) is 0.714. The predicted octanol–water partition coefficient (Wildman–Crippen LogP) is 1.49. The molecule has 2 aliphatic rings. The van der Waals surface area contributed by atoms with Crippen LogP contribution in [0.15, 0.2) is 17.2 Å². The maximum absolute atomic E-state index is 12.3. The normalized spacial score (nSPS) is 27.2. The Hall–Kier alpha value is -1.36. The summed E-state index contributed by atoms with van der Waals surface area (Å²) in [6.07, 6.45) is 10.2. The van der Waals surface area contributed by atoms with E-state index in [1.165, 1.54) is 6.42 Å². The molecule has 5 heteroatoms. The second-order valence-corrected chi connectivity index (χ2v) is 5.51. The second-order valence-electron chi connectivity index (χ2n) is 5.51. The molecule has 19 heavy (non-hydrogen) atoms. The number of likely N-dealkylation sites (N-methyl/N-ethyl adjacent to an activating group) is 1. The van der Waals surface area contributed by atoms with E-state index in [2.05, 4.69) is 10.3 Å². The molecule has 0 saturated heterocycles. The quantitative estimate of drug-likeness (QED) is 0.894. The zero-order valence-electron chi connectivity index (χ0n) is 11.3. The molecule has 2 atom stereocenters. The van der Waals surface area contributed by atoms with Gasteiger partial charge in [-0.3, -0.25) is 4.79 Å². The average Bonchev–Trinajstić information content (AvgIpc) is 3.26. The summed E-state index contributed by atoms with van der Waals surface area (Å²) >= 11 is 0. The fourth-order valence-corrected chi connectivity index (χ4v) is 2.84. The van der Waals surface area contributed by atoms with Gasteiger partial charge in [0.15, 0.2) is 0 Å². The molecule has 0 aliphatic heterocycles. The number of hydrogen-bond donors (Lipinski definition) is 1. The first kappa shape index (κ1) is 12.7. The van der Waals surface area contributed by atoms with E-state index in [1.807, 2.05) is 7.05 Å². The van der Waals surface area contributed by atoms with Crippen LogP contribution in [0.2, 0.25) is 0 Å². The van der Waals surface area contributed by atoms with Crippen molar-refractivity contribution in [2.24, 2.45) is 0 Å². The molecule has 2 unspecified atom stereocenters. The third kappa shape index (κ3) is 2.66. The van der Waals surface area contributed by atoms with Crippen molar-refractivity contribution >= 4 is 0 Å². The van der Waals surface area contributed by atoms with Crippen molar-refractivity contribution in [2.75, 3.05) is 7.05 Å². The van der Waals surface area contributed by atoms with Crippen molar-refractivity contribution in [2.45, 2.75) is 56.7 Å². The van der Waals surface area contributed by atoms with Gasteiger partial charge in [-0.1, -0.05) is 6.42 Å². The Kier molecular flexibility index (Phi) is 3.55. The summed E-state index contributed by atoms with van der Waals surface area (Å²) in [5, 5.41) is 3.28. The van der Waals surface area contributed by atoms with Crippen LogP contribution in [0.3, 0.4) is 0 Å². The van der Waals surface area contributed by atoms with Crippen LogP contribution in [0.5, 0.6) is 5.88 Å². The van der Waals surface area contributed by atoms with Gasteiger partial charge in [-0.05, 0) is 39.2 Å². The van der Waals surface area contributed by atoms with Crippen LogP contribution in [0.4, 0.5) is 0 Å². The molecule has 0 aromatic carbocycles. The fourth-order valence-electron chi connectivity index (χ4n) is 2.84. The minimum atomic E-state index is -0.0783. The van der Waals surface area contributed by atoms with Gasteiger partial charge in [0.25, 0.3) is 5.88 Å². The minimum Gasteiger partial charge on any atom is -0.469 e. The van der Waals surface area contributed by atoms with Gasteiger partial charge in [-0.2, -0.15) is 0 Å². The Morgan fingerprint density at radius 3 is 2.84 bits per heavy atom. The average molecular weight is 263 g/mol. The highest BCUT2D eigenvalue weighted by Crippen LogP contribution is 2.33. The van der Waals surface area contributed by atoms with E-state index in [0.29, 0.717) is 12.1 Å². The Labute approximate surface area is 113 Å². The van der Waals surface area contributed by atoms with E-state index in [4.69, 9.17) is 4.74 Å². The molecule has 0 amide bonds. The number of rotatable bonds is 4. The minimum absolute atomic E-state index is 0.0639. The van der Waals surface area contributed by atoms with Gasteiger partial charge < -0.3 is 14.6 Å². The smallest absolute Gasteiger partial charge is 0.313 e. The SMILES string of the molecule is CNC1CCCCC1Oc1nccn(C2CC2)c1=O. The van der Waals surface area contributed by atoms with Gasteiger partial charge in [-0.15, -0.1) is 0 Å². The molecule has 0 spiro atoms. The second kappa shape index (κ2) is 5.33. The van der Waals surface area contributed by atoms with Crippen molar-refractivity contribution < 1.29 is 4.74 Å². The van der Waals surface area contributed by atoms with Crippen LogP contribution in [-0.4, -0.2) is 28.7 Å². The molecule has 5 nitrogen and oxygen atoms in total. The van der Waals surface area contributed by atoms with E-state index >= 15 is 0 Å². The van der Waals surface area contributed by atoms with Crippen molar-refractivity contribution in [3.8, 4) is 5.88 Å². The lowest BCUT2D eigenvalue weighted by atomic mass is 9.92. The first-order valence-electron chi connectivity index (χ1n) is 7.20. The van der Waals surface area contributed by atoms with E-state index in [9.17, 15) is 4.79 Å². The molecule has 1 aromatic heterocycles. The van der Waals surface area contributed by atoms with E-state index in [1.54, 1.807) is 17.0 Å². The van der Waals surface area contributed by atoms with Crippen LogP contribution >= 0.6 is 0 Å². The van der Waals surface area contributed by atoms with Crippen LogP contribution in [0.1, 0.15) is 44.6 Å². The van der Waals surface area contributed by atoms with Gasteiger partial charge in [0, 0.05) is 24.5 Å². The number of ether oxygens (including phenoxy) is 1. The summed E-state index contributed by atoms with van der Waals surface area (Å²) in [4.78, 5) is 16.4. The summed E-state index contributed by atoms with van der Waals surface area (Å²) < 4.78 is 7.66. The summed E-state index contributed by atoms with van der Waals surface area (Å²) in [7, 11) is 1.95. The lowest BCUT2D eigenvalue weighted by Gasteiger charge is -2.30. The molecule has 1 N–H and O–H groups in total. The molecule has 2 fully saturated rings. The topological polar surface area (TPSA) is 56.1 Å². The van der Waals surface area contributed by atoms with Crippen molar-refractivity contribution in [1.82, 2.24) is 14.9 Å². The first-order chi connectivity index (χ1) is 9.29. The maximum atomic E-state index is 12.3. The largest absolute Gasteiger partial charge is 0.469 e. The zero-order valence-corrected chi connectivity index (χ0v) is 11.3. The molecule has 0 bridgehead atoms. The van der Waals surface area contributed by atoms with Gasteiger partial charge >= 0.3 is 5.56 Å². The Morgan fingerprint density at radius 1 is 1.32 bits per heavy atom. The van der Waals surface area contributed by atoms with E-state index in [0.717, 1.165) is 32.1 Å². The summed E-state index contributed by atoms with van der Waals surface area (Å²) in [5.74, 6) is 0.265. The third-order valence-corrected chi connectivity index (χ3v) is 4.11. The molecule has 0 radical (unpaired) electrons. The lowest BCUT2D eigenvalue weighted by Crippen LogP contribution is -2.44. The van der Waals surface area contributed by atoms with Crippen LogP contribution in [0, 0.1) is 0 Å². The summed E-state index contributed by atoms with van der Waals surface area (Å²) in [6, 6.07) is 0.689. The molecule has 104 valence electrons. The molecule has 1 heterocycles. The Morgan fingerprint density at radius 2 is 2.11 bits per heavy atom. The first-order valence-corrected chi connectivity index (χ1v) is 7.20. The van der Waals surface area contributed by atoms with Crippen molar-refractivity contribution in [3.63, 3.8) is 0 Å². The van der Waals surface area contributed by atoms with Crippen LogP contribution < -0.4 is 15.6 Å². The number of nitrogens with zero attached hydrogens (tertiary/aromatic N) is 2. The van der Waals surface area contributed by atoms with Crippen molar-refractivity contribution in [1.29, 1.82) is 0 Å². The summed E-state index contributed by atoms with van der Waals surface area (Å²) in [6.45, 7) is 0. The molecule has 2 saturated carbocycles. The number of aromatic nitrogens is 2. The Balaban J connectivity index is 1.78. The van der Waals surface area contributed by atoms with Gasteiger partial charge in [-0.25, -0.2) is 4.98 Å². The highest BCUT2D eigenvalue weighted by atomic mass is 16.5. The van der Waals surface area contributed by atoms with Crippen molar-refractivity contribution in [3.05, 3.63) is 22.7 Å². The molecular formula is C14H21N3O2. The van der Waals surface area contributed by atoms with E-state index in [-0.39, 0.29) is 17.5 Å². The highest BCUT2D eigenvalue weighted by molar-refractivity contribution is 5.08. The third-order valence-electron chi connectivity index (χ3n) is 4.11. The highest BCUT2D eigenvalue weighted by Gasteiger charge is 2.29. The zero-order chi connectivity index (χ0) is 13.2. The van der Waals surface area contributed by atoms with Crippen LogP contribution in [-0.2, 0) is 0 Å². The molecule has 1 aromatic rings. The number of hydrogen-bond acceptors (Lipinski definition) is 4. The molecule has 2 aliphatic carbocycles. The lowest BCUT2D eigenvalue weighted by molar-refractivity contribution is 0.110. The van der Waals surface area contributed by atoms with Gasteiger partial charge in [0.2, 0.25) is 0 Å². The number of nitrogens with one attached hydrogen (secondary N) is 1. The van der Waals surface area contributed by atoms with Gasteiger partial charge in [0.05, 0.1) is 0 Å². The molecule has 3 rings (SSSR count). The van der Waals surface area contributed by atoms with Crippen LogP contribution in [0.25, 0.3) is 0 Å². The summed E-state index contributed by atoms with van der Waals surface area (Å²) in [5.41, 5.74) is -0.0783. The maximum Gasteiger partial charge on any atom is 0.313 e. The van der Waals surface area contributed by atoms with E-state index < -0.39 is 0 Å². The monoisotopic (exact) mass is 263 g/mol. The standard InChI is InChI=1S/C14H21N3O2/c1-15-11-4-2-3-5-12(11)19-13-14(18)17(9-8-16-13)10-6-7-10/h8-12,15H,2-7H2,1H3. The Bertz CT molecular complexity index is 496. The molecular weight excluding hydrogens is 242 g/mol.